The first-order valence-electron chi connectivity index (χ1n) is 8.94. The second-order valence-corrected chi connectivity index (χ2v) is 8.39. The van der Waals surface area contributed by atoms with Crippen molar-refractivity contribution in [1.82, 2.24) is 9.73 Å². The first-order valence-corrected chi connectivity index (χ1v) is 10.4. The maximum Gasteiger partial charge on any atom is 0.275 e. The first-order chi connectivity index (χ1) is 13.4. The van der Waals surface area contributed by atoms with Gasteiger partial charge >= 0.3 is 0 Å². The van der Waals surface area contributed by atoms with Crippen LogP contribution in [0, 0.1) is 0 Å². The molecule has 148 valence electrons. The highest BCUT2D eigenvalue weighted by Gasteiger charge is 2.27. The molecule has 1 aliphatic heterocycles. The van der Waals surface area contributed by atoms with Gasteiger partial charge in [0.25, 0.3) is 5.91 Å². The zero-order chi connectivity index (χ0) is 20.1. The quantitative estimate of drug-likeness (QED) is 0.485. The summed E-state index contributed by atoms with van der Waals surface area (Å²) in [6, 6.07) is 12.6. The minimum Gasteiger partial charge on any atom is -0.507 e. The van der Waals surface area contributed by atoms with Crippen molar-refractivity contribution in [2.45, 2.75) is 11.8 Å². The molecule has 0 unspecified atom stereocenters. The average Bonchev–Trinajstić information content (AvgIpc) is 2.73. The van der Waals surface area contributed by atoms with Crippen LogP contribution in [0.15, 0.2) is 58.5 Å². The third-order valence-electron chi connectivity index (χ3n) is 4.55. The summed E-state index contributed by atoms with van der Waals surface area (Å²) < 4.78 is 26.8. The number of hydrogen-bond donors (Lipinski definition) is 3. The van der Waals surface area contributed by atoms with Crippen LogP contribution < -0.4 is 10.7 Å². The van der Waals surface area contributed by atoms with Crippen molar-refractivity contribution in [2.24, 2.45) is 5.10 Å². The molecular formula is C19H23N4O4S+. The number of nitrogens with one attached hydrogen (secondary N) is 1. The molecule has 3 rings (SSSR count). The number of benzene rings is 2. The number of rotatable bonds is 5. The average molecular weight is 403 g/mol. The van der Waals surface area contributed by atoms with Crippen LogP contribution in [0.1, 0.15) is 22.8 Å². The van der Waals surface area contributed by atoms with Gasteiger partial charge in [-0.2, -0.15) is 9.41 Å². The fourth-order valence-corrected chi connectivity index (χ4v) is 4.38. The number of hydrogen-bond acceptors (Lipinski definition) is 5. The van der Waals surface area contributed by atoms with Gasteiger partial charge in [0.05, 0.1) is 42.3 Å². The zero-order valence-corrected chi connectivity index (χ0v) is 16.3. The van der Waals surface area contributed by atoms with Gasteiger partial charge in [-0.25, -0.2) is 13.8 Å². The van der Waals surface area contributed by atoms with Crippen molar-refractivity contribution in [3.63, 3.8) is 0 Å². The molecule has 2 aromatic rings. The van der Waals surface area contributed by atoms with Crippen molar-refractivity contribution in [2.75, 3.05) is 26.2 Å². The van der Waals surface area contributed by atoms with E-state index >= 15 is 0 Å². The maximum atomic E-state index is 12.7. The van der Waals surface area contributed by atoms with E-state index in [2.05, 4.69) is 15.8 Å². The molecule has 0 aromatic heterocycles. The van der Waals surface area contributed by atoms with Crippen LogP contribution in [0.3, 0.4) is 0 Å². The molecule has 8 nitrogen and oxygen atoms in total. The smallest absolute Gasteiger partial charge is 0.275 e. The van der Waals surface area contributed by atoms with Gasteiger partial charge in [-0.05, 0) is 36.8 Å². The number of sulfonamides is 1. The standard InChI is InChI=1S/C19H22N4O4S/c1-14(21-22-19(25)17-4-2-3-5-18(17)24)15-6-8-16(9-7-15)28(26,27)23-12-10-20-11-13-23/h2-9,20,24H,10-13H2,1H3,(H,22,25)/p+1/b21-14-. The molecule has 1 aliphatic rings. The number of para-hydroxylation sites is 1. The highest BCUT2D eigenvalue weighted by Crippen LogP contribution is 2.17. The van der Waals surface area contributed by atoms with Crippen LogP contribution in [-0.4, -0.2) is 55.6 Å². The number of amides is 1. The van der Waals surface area contributed by atoms with Gasteiger partial charge in [-0.1, -0.05) is 24.3 Å². The molecule has 0 spiro atoms. The molecule has 4 N–H and O–H groups in total. The van der Waals surface area contributed by atoms with Crippen molar-refractivity contribution in [3.05, 3.63) is 59.7 Å². The van der Waals surface area contributed by atoms with Gasteiger partial charge in [0.2, 0.25) is 10.0 Å². The van der Waals surface area contributed by atoms with Crippen LogP contribution in [-0.2, 0) is 10.0 Å². The Morgan fingerprint density at radius 1 is 1.11 bits per heavy atom. The zero-order valence-electron chi connectivity index (χ0n) is 15.5. The molecule has 1 saturated heterocycles. The Bertz CT molecular complexity index is 981. The van der Waals surface area contributed by atoms with Gasteiger partial charge in [-0.3, -0.25) is 4.79 Å². The lowest BCUT2D eigenvalue weighted by Crippen LogP contribution is -2.89. The Balaban J connectivity index is 1.71. The van der Waals surface area contributed by atoms with Crippen LogP contribution in [0.25, 0.3) is 0 Å². The van der Waals surface area contributed by atoms with Gasteiger partial charge in [0, 0.05) is 0 Å². The van der Waals surface area contributed by atoms with Gasteiger partial charge < -0.3 is 10.4 Å². The van der Waals surface area contributed by atoms with E-state index in [0.29, 0.717) is 24.4 Å². The Labute approximate surface area is 163 Å². The Kier molecular flexibility index (Phi) is 6.08. The third kappa shape index (κ3) is 4.38. The number of nitrogens with zero attached hydrogens (tertiary/aromatic N) is 2. The van der Waals surface area contributed by atoms with E-state index in [1.807, 2.05) is 0 Å². The van der Waals surface area contributed by atoms with E-state index in [0.717, 1.165) is 13.1 Å². The predicted octanol–water partition coefficient (Wildman–Crippen LogP) is 0.114. The highest BCUT2D eigenvalue weighted by atomic mass is 32.2. The number of carbonyl (C=O) groups is 1. The second kappa shape index (κ2) is 8.51. The van der Waals surface area contributed by atoms with Crippen LogP contribution in [0.2, 0.25) is 0 Å². The third-order valence-corrected chi connectivity index (χ3v) is 6.46. The summed E-state index contributed by atoms with van der Waals surface area (Å²) in [6.07, 6.45) is 0. The normalized spacial score (nSPS) is 16.0. The van der Waals surface area contributed by atoms with Gasteiger partial charge in [-0.15, -0.1) is 0 Å². The molecule has 28 heavy (non-hydrogen) atoms. The summed E-state index contributed by atoms with van der Waals surface area (Å²) in [5, 5.41) is 15.8. The second-order valence-electron chi connectivity index (χ2n) is 6.45. The summed E-state index contributed by atoms with van der Waals surface area (Å²) in [4.78, 5) is 12.3. The van der Waals surface area contributed by atoms with Crippen LogP contribution in [0.5, 0.6) is 5.75 Å². The highest BCUT2D eigenvalue weighted by molar-refractivity contribution is 7.89. The number of aromatic hydroxyl groups is 1. The molecule has 9 heteroatoms. The van der Waals surface area contributed by atoms with Crippen molar-refractivity contribution in [1.29, 1.82) is 0 Å². The van der Waals surface area contributed by atoms with E-state index in [4.69, 9.17) is 0 Å². The summed E-state index contributed by atoms with van der Waals surface area (Å²) in [5.74, 6) is -0.656. The van der Waals surface area contributed by atoms with Crippen molar-refractivity contribution < 1.29 is 23.6 Å². The SMILES string of the molecule is C/C(=N/NC(=O)c1ccccc1O)c1ccc(S(=O)(=O)N2CC[NH2+]CC2)cc1. The van der Waals surface area contributed by atoms with E-state index in [-0.39, 0.29) is 16.2 Å². The van der Waals surface area contributed by atoms with Gasteiger partial charge in [0.15, 0.2) is 0 Å². The fourth-order valence-electron chi connectivity index (χ4n) is 2.91. The van der Waals surface area contributed by atoms with Crippen LogP contribution in [0.4, 0.5) is 0 Å². The lowest BCUT2D eigenvalue weighted by atomic mass is 10.1. The molecule has 0 aliphatic carbocycles. The number of phenolic OH excluding ortho intramolecular Hbond substituents is 1. The topological polar surface area (TPSA) is 116 Å². The largest absolute Gasteiger partial charge is 0.507 e. The van der Waals surface area contributed by atoms with Gasteiger partial charge in [0.1, 0.15) is 5.75 Å². The molecule has 1 heterocycles. The van der Waals surface area contributed by atoms with Crippen molar-refractivity contribution in [3.8, 4) is 5.75 Å². The number of phenols is 1. The molecule has 0 saturated carbocycles. The summed E-state index contributed by atoms with van der Waals surface area (Å²) >= 11 is 0. The molecular weight excluding hydrogens is 380 g/mol. The van der Waals surface area contributed by atoms with E-state index in [1.165, 1.54) is 16.4 Å². The number of quaternary nitrogens is 1. The maximum absolute atomic E-state index is 12.7. The lowest BCUT2D eigenvalue weighted by molar-refractivity contribution is -0.661. The molecule has 1 fully saturated rings. The summed E-state index contributed by atoms with van der Waals surface area (Å²) in [5.41, 5.74) is 3.72. The van der Waals surface area contributed by atoms with Crippen molar-refractivity contribution >= 4 is 21.6 Å². The minimum absolute atomic E-state index is 0.124. The summed E-state index contributed by atoms with van der Waals surface area (Å²) in [6.45, 7) is 4.24. The Morgan fingerprint density at radius 3 is 2.39 bits per heavy atom. The number of nitrogens with two attached hydrogens (primary N) is 1. The van der Waals surface area contributed by atoms with E-state index in [1.54, 1.807) is 43.3 Å². The monoisotopic (exact) mass is 403 g/mol. The molecule has 1 amide bonds. The number of hydrazone groups is 1. The Hall–Kier alpha value is -2.75. The van der Waals surface area contributed by atoms with E-state index in [9.17, 15) is 18.3 Å². The van der Waals surface area contributed by atoms with E-state index < -0.39 is 15.9 Å². The van der Waals surface area contributed by atoms with Crippen LogP contribution >= 0.6 is 0 Å². The first kappa shape index (κ1) is 20.0. The summed E-state index contributed by atoms with van der Waals surface area (Å²) in [7, 11) is -3.50. The fraction of sp³-hybridized carbons (Fsp3) is 0.263. The number of carbonyl (C=O) groups excluding carboxylic acids is 1. The molecule has 0 atom stereocenters. The molecule has 0 bridgehead atoms. The molecule has 0 radical (unpaired) electrons. The Morgan fingerprint density at radius 2 is 1.75 bits per heavy atom. The number of piperazine rings is 1. The predicted molar refractivity (Wildman–Crippen MR) is 105 cm³/mol. The lowest BCUT2D eigenvalue weighted by Gasteiger charge is -2.24. The molecule has 2 aromatic carbocycles. The minimum atomic E-state index is -3.50.